The van der Waals surface area contributed by atoms with Gasteiger partial charge in [0, 0.05) is 18.0 Å². The van der Waals surface area contributed by atoms with Gasteiger partial charge in [0.1, 0.15) is 10.4 Å². The molecule has 0 atom stereocenters. The number of fused-ring (bicyclic) bond motifs is 1. The van der Waals surface area contributed by atoms with E-state index in [0.29, 0.717) is 11.3 Å². The number of nitrogens with zero attached hydrogens (tertiary/aromatic N) is 1. The van der Waals surface area contributed by atoms with Crippen molar-refractivity contribution in [1.29, 1.82) is 0 Å². The van der Waals surface area contributed by atoms with Gasteiger partial charge in [-0.15, -0.1) is 11.3 Å². The van der Waals surface area contributed by atoms with Crippen LogP contribution in [0.5, 0.6) is 0 Å². The first kappa shape index (κ1) is 13.5. The topological polar surface area (TPSA) is 71.4 Å². The SMILES string of the molecule is O=C(CCc1ccccc1)c1c(=O)[nH]c(=O)n2ccsc12. The van der Waals surface area contributed by atoms with Crippen molar-refractivity contribution in [2.75, 3.05) is 0 Å². The van der Waals surface area contributed by atoms with Crippen LogP contribution in [0.25, 0.3) is 4.83 Å². The number of thiazole rings is 1. The maximum absolute atomic E-state index is 12.3. The quantitative estimate of drug-likeness (QED) is 0.748. The standard InChI is InChI=1S/C15H12N2O3S/c18-11(7-6-10-4-2-1-3-5-10)12-13(19)16-15(20)17-8-9-21-14(12)17/h1-5,8-9H,6-7H2,(H,16,19,20). The van der Waals surface area contributed by atoms with Crippen molar-refractivity contribution in [3.63, 3.8) is 0 Å². The van der Waals surface area contributed by atoms with Crippen LogP contribution in [0.15, 0.2) is 51.5 Å². The van der Waals surface area contributed by atoms with E-state index in [0.717, 1.165) is 5.56 Å². The summed E-state index contributed by atoms with van der Waals surface area (Å²) in [6.45, 7) is 0. The van der Waals surface area contributed by atoms with Gasteiger partial charge in [-0.25, -0.2) is 4.79 Å². The van der Waals surface area contributed by atoms with E-state index in [9.17, 15) is 14.4 Å². The average Bonchev–Trinajstić information content (AvgIpc) is 2.96. The number of aromatic amines is 1. The summed E-state index contributed by atoms with van der Waals surface area (Å²) < 4.78 is 1.29. The van der Waals surface area contributed by atoms with Crippen LogP contribution < -0.4 is 11.2 Å². The van der Waals surface area contributed by atoms with Crippen molar-refractivity contribution in [3.8, 4) is 0 Å². The number of hydrogen-bond donors (Lipinski definition) is 1. The molecule has 1 N–H and O–H groups in total. The molecule has 1 aromatic carbocycles. The number of aromatic nitrogens is 2. The van der Waals surface area contributed by atoms with Crippen molar-refractivity contribution >= 4 is 22.0 Å². The smallest absolute Gasteiger partial charge is 0.294 e. The number of benzene rings is 1. The van der Waals surface area contributed by atoms with Crippen molar-refractivity contribution < 1.29 is 4.79 Å². The van der Waals surface area contributed by atoms with Crippen LogP contribution in [-0.4, -0.2) is 15.2 Å². The van der Waals surface area contributed by atoms with Crippen LogP contribution in [-0.2, 0) is 6.42 Å². The summed E-state index contributed by atoms with van der Waals surface area (Å²) in [7, 11) is 0. The van der Waals surface area contributed by atoms with E-state index in [1.807, 2.05) is 30.3 Å². The summed E-state index contributed by atoms with van der Waals surface area (Å²) in [6.07, 6.45) is 2.35. The molecule has 3 aromatic rings. The molecule has 0 saturated heterocycles. The number of carbonyl (C=O) groups excluding carboxylic acids is 1. The van der Waals surface area contributed by atoms with Gasteiger partial charge in [-0.1, -0.05) is 30.3 Å². The molecule has 6 heteroatoms. The van der Waals surface area contributed by atoms with Crippen LogP contribution in [0, 0.1) is 0 Å². The van der Waals surface area contributed by atoms with E-state index in [2.05, 4.69) is 4.98 Å². The first-order valence-electron chi connectivity index (χ1n) is 6.46. The maximum atomic E-state index is 12.3. The predicted molar refractivity (Wildman–Crippen MR) is 81.3 cm³/mol. The van der Waals surface area contributed by atoms with E-state index in [1.54, 1.807) is 11.6 Å². The van der Waals surface area contributed by atoms with Crippen LogP contribution in [0.2, 0.25) is 0 Å². The van der Waals surface area contributed by atoms with Crippen LogP contribution in [0.3, 0.4) is 0 Å². The maximum Gasteiger partial charge on any atom is 0.333 e. The molecule has 2 aromatic heterocycles. The van der Waals surface area contributed by atoms with Gasteiger partial charge in [0.2, 0.25) is 0 Å². The lowest BCUT2D eigenvalue weighted by atomic mass is 10.0. The minimum absolute atomic E-state index is 0.0699. The first-order valence-corrected chi connectivity index (χ1v) is 7.34. The summed E-state index contributed by atoms with van der Waals surface area (Å²) in [5.41, 5.74) is -0.0188. The number of Topliss-reactive ketones (excluding diaryl/α,β-unsaturated/α-hetero) is 1. The summed E-state index contributed by atoms with van der Waals surface area (Å²) >= 11 is 1.21. The lowest BCUT2D eigenvalue weighted by Gasteiger charge is -2.02. The average molecular weight is 300 g/mol. The molecule has 2 heterocycles. The Kier molecular flexibility index (Phi) is 3.53. The lowest BCUT2D eigenvalue weighted by molar-refractivity contribution is 0.0982. The second-order valence-corrected chi connectivity index (χ2v) is 5.52. The van der Waals surface area contributed by atoms with Gasteiger partial charge in [0.25, 0.3) is 5.56 Å². The number of ketones is 1. The highest BCUT2D eigenvalue weighted by atomic mass is 32.1. The Bertz CT molecular complexity index is 906. The predicted octanol–water partition coefficient (Wildman–Crippen LogP) is 1.86. The van der Waals surface area contributed by atoms with Gasteiger partial charge in [-0.05, 0) is 12.0 Å². The molecule has 0 unspecified atom stereocenters. The van der Waals surface area contributed by atoms with Crippen molar-refractivity contribution in [2.45, 2.75) is 12.8 Å². The molecule has 21 heavy (non-hydrogen) atoms. The molecule has 0 aliphatic heterocycles. The molecular weight excluding hydrogens is 288 g/mol. The highest BCUT2D eigenvalue weighted by molar-refractivity contribution is 7.15. The van der Waals surface area contributed by atoms with E-state index in [1.165, 1.54) is 15.7 Å². The molecule has 106 valence electrons. The van der Waals surface area contributed by atoms with E-state index in [4.69, 9.17) is 0 Å². The van der Waals surface area contributed by atoms with Crippen LogP contribution in [0.4, 0.5) is 0 Å². The Morgan fingerprint density at radius 1 is 1.19 bits per heavy atom. The third-order valence-corrected chi connectivity index (χ3v) is 4.13. The van der Waals surface area contributed by atoms with Gasteiger partial charge in [-0.2, -0.15) is 0 Å². The second-order valence-electron chi connectivity index (χ2n) is 4.62. The van der Waals surface area contributed by atoms with Crippen molar-refractivity contribution in [3.05, 3.63) is 73.9 Å². The first-order chi connectivity index (χ1) is 10.2. The summed E-state index contributed by atoms with van der Waals surface area (Å²) in [5, 5.41) is 1.68. The molecule has 0 aliphatic carbocycles. The molecule has 0 amide bonds. The molecule has 5 nitrogen and oxygen atoms in total. The monoisotopic (exact) mass is 300 g/mol. The van der Waals surface area contributed by atoms with Crippen LogP contribution >= 0.6 is 11.3 Å². The molecule has 0 saturated carbocycles. The van der Waals surface area contributed by atoms with Gasteiger partial charge >= 0.3 is 5.69 Å². The van der Waals surface area contributed by atoms with Crippen molar-refractivity contribution in [1.82, 2.24) is 9.38 Å². The van der Waals surface area contributed by atoms with Gasteiger partial charge in [-0.3, -0.25) is 19.0 Å². The molecule has 0 aliphatic rings. The van der Waals surface area contributed by atoms with Gasteiger partial charge in [0.15, 0.2) is 5.78 Å². The minimum Gasteiger partial charge on any atom is -0.294 e. The van der Waals surface area contributed by atoms with Crippen LogP contribution in [0.1, 0.15) is 22.3 Å². The summed E-state index contributed by atoms with van der Waals surface area (Å²) in [4.78, 5) is 38.5. The third kappa shape index (κ3) is 2.57. The number of H-pyrrole nitrogens is 1. The summed E-state index contributed by atoms with van der Waals surface area (Å²) in [6, 6.07) is 9.61. The molecule has 0 bridgehead atoms. The highest BCUT2D eigenvalue weighted by Gasteiger charge is 2.17. The molecule has 3 rings (SSSR count). The van der Waals surface area contributed by atoms with E-state index >= 15 is 0 Å². The van der Waals surface area contributed by atoms with Crippen molar-refractivity contribution in [2.24, 2.45) is 0 Å². The molecule has 0 radical (unpaired) electrons. The number of nitrogens with one attached hydrogen (secondary N) is 1. The Labute approximate surface area is 123 Å². The number of rotatable bonds is 4. The number of hydrogen-bond acceptors (Lipinski definition) is 4. The van der Waals surface area contributed by atoms with E-state index < -0.39 is 11.2 Å². The normalized spacial score (nSPS) is 10.9. The largest absolute Gasteiger partial charge is 0.333 e. The second kappa shape index (κ2) is 5.49. The zero-order valence-electron chi connectivity index (χ0n) is 11.0. The Hall–Kier alpha value is -2.47. The Morgan fingerprint density at radius 2 is 1.95 bits per heavy atom. The van der Waals surface area contributed by atoms with Gasteiger partial charge < -0.3 is 0 Å². The van der Waals surface area contributed by atoms with E-state index in [-0.39, 0.29) is 17.8 Å². The Balaban J connectivity index is 1.93. The molecule has 0 spiro atoms. The Morgan fingerprint density at radius 3 is 2.71 bits per heavy atom. The minimum atomic E-state index is -0.611. The molecule has 0 fully saturated rings. The highest BCUT2D eigenvalue weighted by Crippen LogP contribution is 2.14. The molecular formula is C15H12N2O3S. The lowest BCUT2D eigenvalue weighted by Crippen LogP contribution is -2.30. The number of carbonyl (C=O) groups is 1. The number of aryl methyl sites for hydroxylation is 1. The zero-order valence-corrected chi connectivity index (χ0v) is 11.9. The fourth-order valence-corrected chi connectivity index (χ4v) is 3.10. The fraction of sp³-hybridized carbons (Fsp3) is 0.133. The fourth-order valence-electron chi connectivity index (χ4n) is 2.21. The summed E-state index contributed by atoms with van der Waals surface area (Å²) in [5.74, 6) is -0.250. The third-order valence-electron chi connectivity index (χ3n) is 3.25. The zero-order chi connectivity index (χ0) is 14.8. The van der Waals surface area contributed by atoms with Gasteiger partial charge in [0.05, 0.1) is 0 Å².